The minimum atomic E-state index is -4.00. The Morgan fingerprint density at radius 2 is 1.72 bits per heavy atom. The van der Waals surface area contributed by atoms with Crippen LogP contribution in [0.5, 0.6) is 0 Å². The highest BCUT2D eigenvalue weighted by Crippen LogP contribution is 2.20. The summed E-state index contributed by atoms with van der Waals surface area (Å²) >= 11 is 11.9. The van der Waals surface area contributed by atoms with E-state index in [4.69, 9.17) is 23.2 Å². The Labute approximate surface area is 195 Å². The minimum Gasteiger partial charge on any atom is -0.272 e. The lowest BCUT2D eigenvalue weighted by Crippen LogP contribution is -2.39. The summed E-state index contributed by atoms with van der Waals surface area (Å²) in [4.78, 5) is 12.5. The molecule has 0 aliphatic carbocycles. The van der Waals surface area contributed by atoms with E-state index in [1.807, 2.05) is 0 Å². The molecule has 3 rings (SSSR count). The molecule has 32 heavy (non-hydrogen) atoms. The van der Waals surface area contributed by atoms with E-state index < -0.39 is 28.3 Å². The summed E-state index contributed by atoms with van der Waals surface area (Å²) in [5.74, 6) is -1.10. The van der Waals surface area contributed by atoms with E-state index in [0.717, 1.165) is 4.31 Å². The zero-order valence-electron chi connectivity index (χ0n) is 16.6. The second-order valence-electron chi connectivity index (χ2n) is 6.67. The summed E-state index contributed by atoms with van der Waals surface area (Å²) in [6, 6.07) is 17.9. The van der Waals surface area contributed by atoms with Crippen LogP contribution in [0.3, 0.4) is 0 Å². The third-order valence-corrected chi connectivity index (χ3v) is 6.70. The van der Waals surface area contributed by atoms with Crippen LogP contribution in [0.4, 0.5) is 4.39 Å². The summed E-state index contributed by atoms with van der Waals surface area (Å²) in [5, 5.41) is 4.64. The summed E-state index contributed by atoms with van der Waals surface area (Å²) in [7, 11) is -4.00. The first kappa shape index (κ1) is 23.9. The number of carbonyl (C=O) groups is 1. The van der Waals surface area contributed by atoms with Crippen molar-refractivity contribution in [3.05, 3.63) is 99.8 Å². The second-order valence-corrected chi connectivity index (χ2v) is 9.45. The first-order valence-electron chi connectivity index (χ1n) is 9.32. The second kappa shape index (κ2) is 10.7. The van der Waals surface area contributed by atoms with Crippen molar-refractivity contribution < 1.29 is 17.6 Å². The van der Waals surface area contributed by atoms with Gasteiger partial charge in [-0.1, -0.05) is 59.6 Å². The molecule has 6 nitrogen and oxygen atoms in total. The van der Waals surface area contributed by atoms with E-state index in [2.05, 4.69) is 10.5 Å². The van der Waals surface area contributed by atoms with Crippen LogP contribution in [0, 0.1) is 5.82 Å². The zero-order valence-corrected chi connectivity index (χ0v) is 18.9. The van der Waals surface area contributed by atoms with Gasteiger partial charge < -0.3 is 0 Å². The minimum absolute atomic E-state index is 0.0337. The molecule has 0 aliphatic rings. The molecule has 1 N–H and O–H groups in total. The molecule has 0 aromatic heterocycles. The molecule has 0 atom stereocenters. The summed E-state index contributed by atoms with van der Waals surface area (Å²) in [6.45, 7) is -0.627. The Balaban J connectivity index is 1.77. The zero-order chi connectivity index (χ0) is 23.1. The molecule has 0 spiro atoms. The Morgan fingerprint density at radius 3 is 2.38 bits per heavy atom. The summed E-state index contributed by atoms with van der Waals surface area (Å²) < 4.78 is 40.5. The number of halogens is 3. The van der Waals surface area contributed by atoms with Crippen LogP contribution in [0.2, 0.25) is 10.0 Å². The number of hydrogen-bond acceptors (Lipinski definition) is 4. The average Bonchev–Trinajstić information content (AvgIpc) is 2.77. The highest BCUT2D eigenvalue weighted by Gasteiger charge is 2.26. The maximum Gasteiger partial charge on any atom is 0.255 e. The molecule has 3 aromatic rings. The number of rotatable bonds is 8. The van der Waals surface area contributed by atoms with Gasteiger partial charge in [-0.05, 0) is 42.0 Å². The van der Waals surface area contributed by atoms with Crippen molar-refractivity contribution in [1.29, 1.82) is 0 Å². The van der Waals surface area contributed by atoms with Gasteiger partial charge in [-0.2, -0.15) is 9.41 Å². The Morgan fingerprint density at radius 1 is 1.03 bits per heavy atom. The maximum absolute atomic E-state index is 13.2. The van der Waals surface area contributed by atoms with Crippen LogP contribution in [0.1, 0.15) is 11.1 Å². The fourth-order valence-electron chi connectivity index (χ4n) is 2.74. The normalized spacial score (nSPS) is 11.8. The van der Waals surface area contributed by atoms with Gasteiger partial charge in [0.15, 0.2) is 0 Å². The number of sulfonamides is 1. The number of hydrazone groups is 1. The SMILES string of the molecule is O=C(CN(Cc1ccc(F)cc1)S(=O)(=O)c1ccccc1)N/N=C\c1ccc(Cl)cc1Cl. The Kier molecular flexibility index (Phi) is 7.98. The molecule has 1 amide bonds. The topological polar surface area (TPSA) is 78.8 Å². The molecule has 0 unspecified atom stereocenters. The third-order valence-electron chi connectivity index (χ3n) is 4.33. The number of amides is 1. The van der Waals surface area contributed by atoms with E-state index in [1.165, 1.54) is 48.7 Å². The average molecular weight is 494 g/mol. The van der Waals surface area contributed by atoms with Gasteiger partial charge >= 0.3 is 0 Å². The number of nitrogens with zero attached hydrogens (tertiary/aromatic N) is 2. The van der Waals surface area contributed by atoms with Gasteiger partial charge in [0.05, 0.1) is 22.7 Å². The quantitative estimate of drug-likeness (QED) is 0.371. The highest BCUT2D eigenvalue weighted by molar-refractivity contribution is 7.89. The van der Waals surface area contributed by atoms with Crippen molar-refractivity contribution in [1.82, 2.24) is 9.73 Å². The van der Waals surface area contributed by atoms with Crippen molar-refractivity contribution in [2.75, 3.05) is 6.54 Å². The van der Waals surface area contributed by atoms with E-state index >= 15 is 0 Å². The Hall–Kier alpha value is -2.78. The first-order valence-corrected chi connectivity index (χ1v) is 11.5. The van der Waals surface area contributed by atoms with E-state index in [-0.39, 0.29) is 11.4 Å². The van der Waals surface area contributed by atoms with Gasteiger partial charge in [0.2, 0.25) is 10.0 Å². The molecule has 10 heteroatoms. The smallest absolute Gasteiger partial charge is 0.255 e. The van der Waals surface area contributed by atoms with Crippen molar-refractivity contribution in [2.24, 2.45) is 5.10 Å². The van der Waals surface area contributed by atoms with E-state index in [1.54, 1.807) is 30.3 Å². The Bertz CT molecular complexity index is 1220. The van der Waals surface area contributed by atoms with Crippen LogP contribution in [0.25, 0.3) is 0 Å². The highest BCUT2D eigenvalue weighted by atomic mass is 35.5. The molecule has 166 valence electrons. The molecule has 3 aromatic carbocycles. The molecule has 0 saturated heterocycles. The molecule has 0 aliphatic heterocycles. The fourth-order valence-corrected chi connectivity index (χ4v) is 4.60. The van der Waals surface area contributed by atoms with Gasteiger partial charge in [-0.15, -0.1) is 0 Å². The lowest BCUT2D eigenvalue weighted by Gasteiger charge is -2.21. The van der Waals surface area contributed by atoms with Gasteiger partial charge in [-0.3, -0.25) is 4.79 Å². The van der Waals surface area contributed by atoms with Crippen LogP contribution >= 0.6 is 23.2 Å². The van der Waals surface area contributed by atoms with Crippen LogP contribution in [0.15, 0.2) is 82.8 Å². The van der Waals surface area contributed by atoms with Crippen molar-refractivity contribution >= 4 is 45.3 Å². The summed E-state index contributed by atoms with van der Waals surface area (Å²) in [5.41, 5.74) is 3.34. The molecular formula is C22H18Cl2FN3O3S. The van der Waals surface area contributed by atoms with Crippen LogP contribution in [-0.2, 0) is 21.4 Å². The number of benzene rings is 3. The first-order chi connectivity index (χ1) is 15.3. The van der Waals surface area contributed by atoms with Crippen molar-refractivity contribution in [2.45, 2.75) is 11.4 Å². The maximum atomic E-state index is 13.2. The fraction of sp³-hybridized carbons (Fsp3) is 0.0909. The third kappa shape index (κ3) is 6.37. The predicted octanol–water partition coefficient (Wildman–Crippen LogP) is 4.47. The molecule has 0 saturated carbocycles. The van der Waals surface area contributed by atoms with Crippen LogP contribution < -0.4 is 5.43 Å². The standard InChI is InChI=1S/C22H18Cl2FN3O3S/c23-18-9-8-17(21(24)12-18)13-26-27-22(29)15-28(14-16-6-10-19(25)11-7-16)32(30,31)20-4-2-1-3-5-20/h1-13H,14-15H2,(H,27,29)/b26-13-. The molecular weight excluding hydrogens is 476 g/mol. The monoisotopic (exact) mass is 493 g/mol. The largest absolute Gasteiger partial charge is 0.272 e. The number of hydrogen-bond donors (Lipinski definition) is 1. The van der Waals surface area contributed by atoms with Crippen molar-refractivity contribution in [3.63, 3.8) is 0 Å². The molecule has 0 heterocycles. The molecule has 0 radical (unpaired) electrons. The molecule has 0 bridgehead atoms. The van der Waals surface area contributed by atoms with E-state index in [0.29, 0.717) is 21.2 Å². The lowest BCUT2D eigenvalue weighted by atomic mass is 10.2. The van der Waals surface area contributed by atoms with Crippen LogP contribution in [-0.4, -0.2) is 31.4 Å². The molecule has 0 fully saturated rings. The summed E-state index contributed by atoms with van der Waals surface area (Å²) in [6.07, 6.45) is 1.33. The van der Waals surface area contributed by atoms with Gasteiger partial charge in [0.25, 0.3) is 5.91 Å². The number of carbonyl (C=O) groups excluding carboxylic acids is 1. The lowest BCUT2D eigenvalue weighted by molar-refractivity contribution is -0.121. The number of nitrogens with one attached hydrogen (secondary N) is 1. The predicted molar refractivity (Wildman–Crippen MR) is 123 cm³/mol. The van der Waals surface area contributed by atoms with Crippen molar-refractivity contribution in [3.8, 4) is 0 Å². The van der Waals surface area contributed by atoms with Gasteiger partial charge in [0.1, 0.15) is 5.82 Å². The van der Waals surface area contributed by atoms with Gasteiger partial charge in [0, 0.05) is 17.1 Å². The van der Waals surface area contributed by atoms with E-state index in [9.17, 15) is 17.6 Å². The van der Waals surface area contributed by atoms with Gasteiger partial charge in [-0.25, -0.2) is 18.2 Å².